The number of hydrogen-bond donors (Lipinski definition) is 3. The molecule has 4 rings (SSSR count). The van der Waals surface area contributed by atoms with E-state index in [1.54, 1.807) is 6.07 Å². The Morgan fingerprint density at radius 2 is 2.10 bits per heavy atom. The van der Waals surface area contributed by atoms with Gasteiger partial charge in [-0.05, 0) is 55.5 Å². The zero-order valence-electron chi connectivity index (χ0n) is 16.3. The third-order valence-electron chi connectivity index (χ3n) is 5.23. The highest BCUT2D eigenvalue weighted by Crippen LogP contribution is 2.36. The van der Waals surface area contributed by atoms with Crippen molar-refractivity contribution in [2.24, 2.45) is 5.10 Å². The van der Waals surface area contributed by atoms with Crippen LogP contribution in [0.25, 0.3) is 10.9 Å². The van der Waals surface area contributed by atoms with Gasteiger partial charge in [0.05, 0.1) is 18.2 Å². The summed E-state index contributed by atoms with van der Waals surface area (Å²) in [7, 11) is 1.29. The first-order valence-electron chi connectivity index (χ1n) is 9.50. The topological polar surface area (TPSA) is 130 Å². The maximum absolute atomic E-state index is 12.5. The monoisotopic (exact) mass is 408 g/mol. The summed E-state index contributed by atoms with van der Waals surface area (Å²) in [4.78, 5) is 26.3. The van der Waals surface area contributed by atoms with Gasteiger partial charge in [-0.15, -0.1) is 0 Å². The molecule has 30 heavy (non-hydrogen) atoms. The third kappa shape index (κ3) is 3.57. The maximum Gasteiger partial charge on any atom is 0.315 e. The quantitative estimate of drug-likeness (QED) is 0.338. The fraction of sp³-hybridized carbons (Fsp3) is 0.238. The van der Waals surface area contributed by atoms with Crippen molar-refractivity contribution >= 4 is 28.7 Å². The molecule has 0 fully saturated rings. The van der Waals surface area contributed by atoms with Gasteiger partial charge in [-0.2, -0.15) is 5.10 Å². The Hall–Kier alpha value is -3.88. The summed E-state index contributed by atoms with van der Waals surface area (Å²) < 4.78 is 4.95. The number of amides is 1. The summed E-state index contributed by atoms with van der Waals surface area (Å²) in [5.74, 6) is -1.01. The van der Waals surface area contributed by atoms with Gasteiger partial charge in [-0.1, -0.05) is 0 Å². The predicted octanol–water partition coefficient (Wildman–Crippen LogP) is 3.43. The van der Waals surface area contributed by atoms with E-state index in [-0.39, 0.29) is 11.7 Å². The average Bonchev–Trinajstić information content (AvgIpc) is 3.12. The van der Waals surface area contributed by atoms with Crippen molar-refractivity contribution in [1.82, 2.24) is 10.4 Å². The van der Waals surface area contributed by atoms with Crippen LogP contribution in [0.15, 0.2) is 35.4 Å². The van der Waals surface area contributed by atoms with Crippen molar-refractivity contribution in [3.63, 3.8) is 0 Å². The van der Waals surface area contributed by atoms with Crippen molar-refractivity contribution in [2.45, 2.75) is 25.7 Å². The summed E-state index contributed by atoms with van der Waals surface area (Å²) in [6.45, 7) is 0. The predicted molar refractivity (Wildman–Crippen MR) is 111 cm³/mol. The molecule has 1 heterocycles. The van der Waals surface area contributed by atoms with Crippen molar-refractivity contribution in [3.05, 3.63) is 62.8 Å². The molecule has 0 spiro atoms. The standard InChI is InChI=1S/C21H20N4O5/c1-30-19-9-12(8-18(20(19)26)25(28)29)11-22-24-21(27)13-6-7-17-15(10-13)14-4-2-3-5-16(14)23-17/h6-11,23,26H,2-5H2,1H3,(H,24,27). The third-order valence-corrected chi connectivity index (χ3v) is 5.23. The van der Waals surface area contributed by atoms with Gasteiger partial charge in [0.2, 0.25) is 5.75 Å². The zero-order valence-corrected chi connectivity index (χ0v) is 16.3. The Labute approximate surface area is 171 Å². The maximum atomic E-state index is 12.5. The summed E-state index contributed by atoms with van der Waals surface area (Å²) in [6, 6.07) is 8.00. The van der Waals surface area contributed by atoms with Gasteiger partial charge in [0.1, 0.15) is 0 Å². The van der Waals surface area contributed by atoms with Crippen LogP contribution in [-0.4, -0.2) is 34.2 Å². The van der Waals surface area contributed by atoms with Crippen LogP contribution in [0.1, 0.15) is 40.0 Å². The number of rotatable bonds is 5. The fourth-order valence-electron chi connectivity index (χ4n) is 3.76. The molecular weight excluding hydrogens is 388 g/mol. The van der Waals surface area contributed by atoms with Crippen LogP contribution in [0, 0.1) is 10.1 Å². The number of phenolic OH excluding ortho intramolecular Hbond substituents is 1. The van der Waals surface area contributed by atoms with Crippen LogP contribution in [0.3, 0.4) is 0 Å². The molecule has 0 bridgehead atoms. The number of H-pyrrole nitrogens is 1. The van der Waals surface area contributed by atoms with Gasteiger partial charge in [0.25, 0.3) is 5.91 Å². The highest BCUT2D eigenvalue weighted by atomic mass is 16.6. The minimum Gasteiger partial charge on any atom is -0.500 e. The van der Waals surface area contributed by atoms with Gasteiger partial charge in [0, 0.05) is 33.8 Å². The Bertz CT molecular complexity index is 1180. The summed E-state index contributed by atoms with van der Waals surface area (Å²) in [5, 5.41) is 25.8. The van der Waals surface area contributed by atoms with Crippen molar-refractivity contribution in [1.29, 1.82) is 0 Å². The molecule has 9 nitrogen and oxygen atoms in total. The van der Waals surface area contributed by atoms with Crippen LogP contribution in [0.5, 0.6) is 11.5 Å². The molecule has 2 aromatic carbocycles. The van der Waals surface area contributed by atoms with E-state index >= 15 is 0 Å². The molecule has 1 aliphatic rings. The number of hydrazone groups is 1. The van der Waals surface area contributed by atoms with Gasteiger partial charge in [-0.3, -0.25) is 14.9 Å². The lowest BCUT2D eigenvalue weighted by Gasteiger charge is -2.10. The highest BCUT2D eigenvalue weighted by Gasteiger charge is 2.19. The van der Waals surface area contributed by atoms with Crippen LogP contribution >= 0.6 is 0 Å². The number of carbonyl (C=O) groups is 1. The molecule has 1 aromatic heterocycles. The number of nitro benzene ring substituents is 1. The highest BCUT2D eigenvalue weighted by molar-refractivity contribution is 5.99. The van der Waals surface area contributed by atoms with E-state index in [2.05, 4.69) is 15.5 Å². The molecular formula is C21H20N4O5. The number of aromatic amines is 1. The number of nitrogens with one attached hydrogen (secondary N) is 2. The number of benzene rings is 2. The Balaban J connectivity index is 1.54. The number of nitrogens with zero attached hydrogens (tertiary/aromatic N) is 2. The lowest BCUT2D eigenvalue weighted by Crippen LogP contribution is -2.17. The first kappa shape index (κ1) is 19.4. The second kappa shape index (κ2) is 7.86. The van der Waals surface area contributed by atoms with E-state index in [1.165, 1.54) is 37.1 Å². The van der Waals surface area contributed by atoms with Crippen LogP contribution in [0.4, 0.5) is 5.69 Å². The van der Waals surface area contributed by atoms with E-state index in [0.717, 1.165) is 36.2 Å². The SMILES string of the molecule is COc1cc(C=NNC(=O)c2ccc3[nH]c4c(c3c2)CCCC4)cc([N+](=O)[O-])c1O. The molecule has 0 unspecified atom stereocenters. The summed E-state index contributed by atoms with van der Waals surface area (Å²) in [6.07, 6.45) is 5.59. The van der Waals surface area contributed by atoms with Crippen LogP contribution < -0.4 is 10.2 Å². The molecule has 154 valence electrons. The number of aryl methyl sites for hydroxylation is 2. The van der Waals surface area contributed by atoms with E-state index in [0.29, 0.717) is 11.1 Å². The smallest absolute Gasteiger partial charge is 0.315 e. The van der Waals surface area contributed by atoms with Crippen molar-refractivity contribution in [2.75, 3.05) is 7.11 Å². The van der Waals surface area contributed by atoms with Crippen molar-refractivity contribution < 1.29 is 19.6 Å². The first-order valence-corrected chi connectivity index (χ1v) is 9.50. The number of fused-ring (bicyclic) bond motifs is 3. The largest absolute Gasteiger partial charge is 0.500 e. The van der Waals surface area contributed by atoms with Crippen LogP contribution in [-0.2, 0) is 12.8 Å². The normalized spacial score (nSPS) is 13.4. The second-order valence-corrected chi connectivity index (χ2v) is 7.10. The van der Waals surface area contributed by atoms with Gasteiger partial charge in [-0.25, -0.2) is 5.43 Å². The van der Waals surface area contributed by atoms with Crippen LogP contribution in [0.2, 0.25) is 0 Å². The Kier molecular flexibility index (Phi) is 5.09. The lowest BCUT2D eigenvalue weighted by atomic mass is 9.95. The van der Waals surface area contributed by atoms with E-state index in [9.17, 15) is 20.0 Å². The molecule has 0 atom stereocenters. The van der Waals surface area contributed by atoms with E-state index in [4.69, 9.17) is 4.74 Å². The number of aromatic nitrogens is 1. The minimum absolute atomic E-state index is 0.0559. The molecule has 9 heteroatoms. The number of hydrogen-bond acceptors (Lipinski definition) is 6. The molecule has 0 saturated heterocycles. The summed E-state index contributed by atoms with van der Waals surface area (Å²) >= 11 is 0. The molecule has 0 saturated carbocycles. The second-order valence-electron chi connectivity index (χ2n) is 7.10. The molecule has 1 aliphatic carbocycles. The molecule has 3 N–H and O–H groups in total. The molecule has 0 aliphatic heterocycles. The summed E-state index contributed by atoms with van der Waals surface area (Å²) in [5.41, 5.74) is 6.23. The van der Waals surface area contributed by atoms with Gasteiger partial charge < -0.3 is 14.8 Å². The number of aromatic hydroxyl groups is 1. The Morgan fingerprint density at radius 1 is 1.30 bits per heavy atom. The molecule has 1 amide bonds. The van der Waals surface area contributed by atoms with E-state index < -0.39 is 16.4 Å². The number of methoxy groups -OCH3 is 1. The first-order chi connectivity index (χ1) is 14.5. The van der Waals surface area contributed by atoms with Gasteiger partial charge in [0.15, 0.2) is 5.75 Å². The average molecular weight is 408 g/mol. The number of phenols is 1. The number of carbonyl (C=O) groups excluding carboxylic acids is 1. The number of nitro groups is 1. The van der Waals surface area contributed by atoms with Crippen molar-refractivity contribution in [3.8, 4) is 11.5 Å². The Morgan fingerprint density at radius 3 is 2.87 bits per heavy atom. The number of ether oxygens (including phenoxy) is 1. The fourth-order valence-corrected chi connectivity index (χ4v) is 3.76. The van der Waals surface area contributed by atoms with Gasteiger partial charge >= 0.3 is 5.69 Å². The lowest BCUT2D eigenvalue weighted by molar-refractivity contribution is -0.386. The molecule has 0 radical (unpaired) electrons. The molecule has 3 aromatic rings. The zero-order chi connectivity index (χ0) is 21.3. The minimum atomic E-state index is -0.722. The van der Waals surface area contributed by atoms with E-state index in [1.807, 2.05) is 12.1 Å².